The molecular weight excluding hydrogens is 1420 g/mol. The molecule has 13 heterocycles. The van der Waals surface area contributed by atoms with E-state index in [1.807, 2.05) is 72.8 Å². The third kappa shape index (κ3) is 11.6. The Bertz CT molecular complexity index is 7190. The van der Waals surface area contributed by atoms with Crippen LogP contribution in [0.15, 0.2) is 305 Å². The molecule has 24 nitrogen and oxygen atoms in total. The maximum absolute atomic E-state index is 13.4. The van der Waals surface area contributed by atoms with E-state index in [4.69, 9.17) is 66.5 Å². The predicted molar refractivity (Wildman–Crippen MR) is 419 cm³/mol. The first kappa shape index (κ1) is 64.2. The van der Waals surface area contributed by atoms with Crippen molar-refractivity contribution >= 4 is 88.0 Å². The lowest BCUT2D eigenvalue weighted by Gasteiger charge is -2.09. The number of aromatic amines is 2. The van der Waals surface area contributed by atoms with Gasteiger partial charge in [-0.25, -0.2) is 49.1 Å². The highest BCUT2D eigenvalue weighted by Gasteiger charge is 2.26. The van der Waals surface area contributed by atoms with Gasteiger partial charge in [0, 0.05) is 139 Å². The van der Waals surface area contributed by atoms with Crippen LogP contribution in [0.1, 0.15) is 0 Å². The van der Waals surface area contributed by atoms with Crippen LogP contribution in [0, 0.1) is 0 Å². The standard InChI is InChI=1S/C88H46N12O12/c101-85-65(45-17-25-89-26-18-45)33-49-1-5-57(41-73(49)109-85)105-53-9-13-61-69(37-53)81-93-77(61)98-82-71-39-55(107-59-7-3-51-35-67(47-21-29-91-30-22-47)87(103)111-75(51)43-59)11-15-63(71)79(95-82)100-84-72-40-56(108-60-8-4-52-36-68(48-23-31-92-32-24-48)88(104)112-76(52)44-60)12-16-64(72)80(96-84)99-83-70-38-54(10-14-62(70)78(94-83)97-81)106-58-6-2-50-34-66(46-19-27-90-28-20-46)86(102)110-74(50)42-58/h1-44H,(H2,93,94,95,96,97,98,99,100). The van der Waals surface area contributed by atoms with Crippen molar-refractivity contribution in [2.45, 2.75) is 0 Å². The molecule has 11 aromatic heterocycles. The Hall–Kier alpha value is -16.2. The molecule has 0 atom stereocenters. The number of hydrogen-bond acceptors (Lipinski definition) is 22. The number of nitrogens with one attached hydrogen (secondary N) is 2. The van der Waals surface area contributed by atoms with Crippen molar-refractivity contribution in [3.05, 3.63) is 310 Å². The van der Waals surface area contributed by atoms with Crippen LogP contribution in [0.25, 0.3) is 178 Å². The minimum Gasteiger partial charge on any atom is -0.457 e. The number of nitrogens with zero attached hydrogens (tertiary/aromatic N) is 10. The fourth-order valence-electron chi connectivity index (χ4n) is 14.1. The normalized spacial score (nSPS) is 11.7. The van der Waals surface area contributed by atoms with Gasteiger partial charge in [0.05, 0.1) is 22.3 Å². The molecule has 8 bridgehead atoms. The maximum atomic E-state index is 13.4. The van der Waals surface area contributed by atoms with Gasteiger partial charge in [0.2, 0.25) is 0 Å². The molecule has 0 saturated carbocycles. The summed E-state index contributed by atoms with van der Waals surface area (Å²) >= 11 is 0. The number of hydrogen-bond donors (Lipinski definition) is 2. The minimum absolute atomic E-state index is 0.245. The molecule has 0 amide bonds. The van der Waals surface area contributed by atoms with Crippen molar-refractivity contribution in [3.8, 4) is 136 Å². The van der Waals surface area contributed by atoms with Crippen LogP contribution in [0.3, 0.4) is 0 Å². The van der Waals surface area contributed by atoms with Gasteiger partial charge in [-0.3, -0.25) is 19.9 Å². The third-order valence-electron chi connectivity index (χ3n) is 19.5. The van der Waals surface area contributed by atoms with Gasteiger partial charge in [-0.2, -0.15) is 0 Å². The van der Waals surface area contributed by atoms with Crippen LogP contribution in [0.5, 0.6) is 46.0 Å². The average Bonchev–Trinajstić information content (AvgIpc) is 1.53. The van der Waals surface area contributed by atoms with Crippen LogP contribution < -0.4 is 41.4 Å². The van der Waals surface area contributed by atoms with Crippen LogP contribution in [-0.2, 0) is 0 Å². The zero-order chi connectivity index (χ0) is 74.7. The van der Waals surface area contributed by atoms with Crippen molar-refractivity contribution < 1.29 is 36.6 Å². The molecule has 19 aromatic rings. The van der Waals surface area contributed by atoms with E-state index in [2.05, 4.69) is 29.9 Å². The van der Waals surface area contributed by atoms with E-state index in [-0.39, 0.29) is 23.3 Å². The molecule has 0 saturated heterocycles. The van der Waals surface area contributed by atoms with Crippen LogP contribution in [-0.4, -0.2) is 59.8 Å². The van der Waals surface area contributed by atoms with Crippen molar-refractivity contribution in [1.29, 1.82) is 0 Å². The Morgan fingerprint density at radius 2 is 0.473 bits per heavy atom. The second-order valence-corrected chi connectivity index (χ2v) is 26.4. The Morgan fingerprint density at radius 3 is 0.777 bits per heavy atom. The van der Waals surface area contributed by atoms with Crippen LogP contribution >= 0.6 is 0 Å². The van der Waals surface area contributed by atoms with Gasteiger partial charge < -0.3 is 46.6 Å². The maximum Gasteiger partial charge on any atom is 0.344 e. The minimum atomic E-state index is -0.519. The summed E-state index contributed by atoms with van der Waals surface area (Å²) < 4.78 is 50.0. The summed E-state index contributed by atoms with van der Waals surface area (Å²) in [5, 5.41) is 5.10. The Morgan fingerprint density at radius 1 is 0.223 bits per heavy atom. The largest absolute Gasteiger partial charge is 0.457 e. The predicted octanol–water partition coefficient (Wildman–Crippen LogP) is 18.7. The molecule has 530 valence electrons. The second kappa shape index (κ2) is 25.8. The van der Waals surface area contributed by atoms with E-state index in [0.29, 0.717) is 201 Å². The van der Waals surface area contributed by atoms with E-state index in [1.165, 1.54) is 0 Å². The first-order valence-corrected chi connectivity index (χ1v) is 35.0. The number of ether oxygens (including phenoxy) is 4. The van der Waals surface area contributed by atoms with E-state index < -0.39 is 22.5 Å². The lowest BCUT2D eigenvalue weighted by Crippen LogP contribution is -2.02. The Kier molecular flexibility index (Phi) is 14.8. The van der Waals surface area contributed by atoms with Crippen molar-refractivity contribution in [1.82, 2.24) is 59.8 Å². The summed E-state index contributed by atoms with van der Waals surface area (Å²) in [7, 11) is 0. The molecule has 2 aliphatic rings. The Labute approximate surface area is 626 Å². The number of fused-ring (bicyclic) bond motifs is 24. The van der Waals surface area contributed by atoms with Crippen molar-refractivity contribution in [3.63, 3.8) is 0 Å². The number of benzene rings is 8. The molecule has 0 aliphatic carbocycles. The van der Waals surface area contributed by atoms with Crippen molar-refractivity contribution in [2.75, 3.05) is 0 Å². The Balaban J connectivity index is 0.728. The highest BCUT2D eigenvalue weighted by atomic mass is 16.5. The average molecular weight is 1460 g/mol. The molecule has 0 fully saturated rings. The van der Waals surface area contributed by atoms with Crippen LogP contribution in [0.4, 0.5) is 0 Å². The number of rotatable bonds is 12. The molecule has 112 heavy (non-hydrogen) atoms. The van der Waals surface area contributed by atoms with Gasteiger partial charge in [0.25, 0.3) is 0 Å². The SMILES string of the molecule is O=c1oc2cc(Oc3ccc4c(c3)-c3nc-4nc4[nH]c(nc5nc(nc6[nH]c(n3)c3ccc(Oc7ccc8cc(-c9ccncc9)c(=O)oc8c7)cc63)-c3ccc(Oc6ccc7cc(-c8ccncc8)c(=O)oc7c6)cc3-5)c3ccc(Oc5ccc6cc(-c7ccncc7)c(=O)oc6c5)cc43)ccc2cc1-c1ccncc1. The van der Waals surface area contributed by atoms with E-state index in [9.17, 15) is 19.2 Å². The summed E-state index contributed by atoms with van der Waals surface area (Å²) in [6.07, 6.45) is 12.9. The molecule has 0 spiro atoms. The summed E-state index contributed by atoms with van der Waals surface area (Å²) in [4.78, 5) is 109. The summed E-state index contributed by atoms with van der Waals surface area (Å²) in [6, 6.07) is 64.1. The fraction of sp³-hybridized carbons (Fsp3) is 0. The number of aromatic nitrogens is 12. The van der Waals surface area contributed by atoms with E-state index in [1.54, 1.807) is 195 Å². The summed E-state index contributed by atoms with van der Waals surface area (Å²) in [6.45, 7) is 0. The quantitative estimate of drug-likeness (QED) is 0.107. The fourth-order valence-corrected chi connectivity index (χ4v) is 14.1. The van der Waals surface area contributed by atoms with Gasteiger partial charge in [0.15, 0.2) is 23.3 Å². The van der Waals surface area contributed by atoms with Gasteiger partial charge in [-0.1, -0.05) is 0 Å². The molecular formula is C88H46N12O12. The van der Waals surface area contributed by atoms with Gasteiger partial charge in [-0.15, -0.1) is 0 Å². The van der Waals surface area contributed by atoms with Gasteiger partial charge in [-0.05, 0) is 216 Å². The second-order valence-electron chi connectivity index (χ2n) is 26.4. The molecule has 0 unspecified atom stereocenters. The first-order chi connectivity index (χ1) is 55.0. The van der Waals surface area contributed by atoms with E-state index in [0.717, 1.165) is 0 Å². The van der Waals surface area contributed by atoms with Gasteiger partial charge in [0.1, 0.15) is 90.9 Å². The zero-order valence-electron chi connectivity index (χ0n) is 57.8. The molecule has 21 rings (SSSR count). The lowest BCUT2D eigenvalue weighted by atomic mass is 10.1. The third-order valence-corrected chi connectivity index (χ3v) is 19.5. The van der Waals surface area contributed by atoms with Crippen molar-refractivity contribution in [2.24, 2.45) is 0 Å². The molecule has 24 heteroatoms. The molecule has 2 aliphatic heterocycles. The summed E-state index contributed by atoms with van der Waals surface area (Å²) in [5.74, 6) is 4.17. The highest BCUT2D eigenvalue weighted by Crippen LogP contribution is 2.43. The topological polar surface area (TPSA) is 318 Å². The first-order valence-electron chi connectivity index (χ1n) is 35.0. The number of H-pyrrole nitrogens is 2. The molecule has 2 N–H and O–H groups in total. The number of pyridine rings is 4. The lowest BCUT2D eigenvalue weighted by molar-refractivity contribution is 0.480. The highest BCUT2D eigenvalue weighted by molar-refractivity contribution is 6.07. The zero-order valence-corrected chi connectivity index (χ0v) is 57.8. The van der Waals surface area contributed by atoms with Crippen LogP contribution in [0.2, 0.25) is 0 Å². The smallest absolute Gasteiger partial charge is 0.344 e. The van der Waals surface area contributed by atoms with Gasteiger partial charge >= 0.3 is 22.5 Å². The molecule has 0 radical (unpaired) electrons. The van der Waals surface area contributed by atoms with E-state index >= 15 is 0 Å². The molecule has 8 aromatic carbocycles. The summed E-state index contributed by atoms with van der Waals surface area (Å²) in [5.41, 5.74) is 7.10. The monoisotopic (exact) mass is 1460 g/mol.